The molecule has 5 nitrogen and oxygen atoms in total. The van der Waals surface area contributed by atoms with Crippen LogP contribution in [0.1, 0.15) is 45.4 Å². The van der Waals surface area contributed by atoms with Gasteiger partial charge in [0.05, 0.1) is 0 Å². The molecule has 4 bridgehead atoms. The Hall–Kier alpha value is -1.52. The van der Waals surface area contributed by atoms with E-state index in [1.807, 2.05) is 0 Å². The normalized spacial score (nSPS) is 42.7. The molecule has 0 N–H and O–H groups in total. The van der Waals surface area contributed by atoms with Crippen LogP contribution in [-0.4, -0.2) is 31.4 Å². The summed E-state index contributed by atoms with van der Waals surface area (Å²) in [6.07, 6.45) is 8.15. The van der Waals surface area contributed by atoms with Crippen LogP contribution in [0, 0.1) is 41.4 Å². The van der Waals surface area contributed by atoms with Crippen LogP contribution in [0.25, 0.3) is 0 Å². The predicted molar refractivity (Wildman–Crippen MR) is 95.2 cm³/mol. The molecule has 6 saturated carbocycles. The Morgan fingerprint density at radius 2 is 1.65 bits per heavy atom. The van der Waals surface area contributed by atoms with Crippen LogP contribution in [0.2, 0.25) is 0 Å². The Morgan fingerprint density at radius 3 is 2.38 bits per heavy atom. The number of rotatable bonds is 5. The summed E-state index contributed by atoms with van der Waals surface area (Å²) in [6, 6.07) is 0. The Kier molecular flexibility index (Phi) is 4.98. The molecule has 144 valence electrons. The molecule has 6 aliphatic rings. The zero-order valence-electron chi connectivity index (χ0n) is 15.6. The highest BCUT2D eigenvalue weighted by atomic mass is 16.7. The third kappa shape index (κ3) is 3.14. The number of esters is 1. The molecule has 0 radical (unpaired) electrons. The van der Waals surface area contributed by atoms with E-state index in [0.717, 1.165) is 48.0 Å². The minimum atomic E-state index is -0.622. The van der Waals surface area contributed by atoms with Crippen LogP contribution < -0.4 is 0 Å². The van der Waals surface area contributed by atoms with Crippen LogP contribution in [0.3, 0.4) is 0 Å². The molecule has 0 aromatic rings. The summed E-state index contributed by atoms with van der Waals surface area (Å²) in [6.45, 7) is 5.79. The molecule has 6 rings (SSSR count). The lowest BCUT2D eigenvalue weighted by Crippen LogP contribution is -2.59. The molecule has 0 saturated heterocycles. The topological polar surface area (TPSA) is 61.8 Å². The Labute approximate surface area is 155 Å². The van der Waals surface area contributed by atoms with Gasteiger partial charge in [0.2, 0.25) is 0 Å². The van der Waals surface area contributed by atoms with E-state index in [9.17, 15) is 9.59 Å². The van der Waals surface area contributed by atoms with Gasteiger partial charge in [-0.1, -0.05) is 13.5 Å². The zero-order chi connectivity index (χ0) is 18.3. The van der Waals surface area contributed by atoms with Gasteiger partial charge in [-0.2, -0.15) is 0 Å². The lowest BCUT2D eigenvalue weighted by Gasteiger charge is -2.63. The molecule has 6 fully saturated rings. The fourth-order valence-corrected chi connectivity index (χ4v) is 6.88. The summed E-state index contributed by atoms with van der Waals surface area (Å²) in [4.78, 5) is 23.1. The van der Waals surface area contributed by atoms with E-state index in [-0.39, 0.29) is 19.3 Å². The van der Waals surface area contributed by atoms with Gasteiger partial charge in [0, 0.05) is 6.08 Å². The first-order valence-electron chi connectivity index (χ1n) is 10.2. The van der Waals surface area contributed by atoms with Crippen molar-refractivity contribution in [2.24, 2.45) is 41.4 Å². The second-order valence-electron chi connectivity index (χ2n) is 8.73. The Morgan fingerprint density at radius 1 is 0.962 bits per heavy atom. The monoisotopic (exact) mass is 362 g/mol. The van der Waals surface area contributed by atoms with Crippen LogP contribution in [-0.2, 0) is 19.0 Å². The highest BCUT2D eigenvalue weighted by Crippen LogP contribution is 2.64. The molecule has 0 amide bonds. The minimum Gasteiger partial charge on any atom is -0.459 e. The second kappa shape index (κ2) is 7.24. The molecule has 5 heteroatoms. The molecule has 6 aliphatic carbocycles. The molecule has 0 aliphatic heterocycles. The van der Waals surface area contributed by atoms with E-state index in [0.29, 0.717) is 5.92 Å². The molecule has 26 heavy (non-hydrogen) atoms. The van der Waals surface area contributed by atoms with Gasteiger partial charge in [-0.05, 0) is 80.0 Å². The number of hydrogen-bond donors (Lipinski definition) is 0. The molecule has 0 aromatic carbocycles. The number of hydrogen-bond acceptors (Lipinski definition) is 5. The maximum Gasteiger partial charge on any atom is 0.508 e. The van der Waals surface area contributed by atoms with Crippen molar-refractivity contribution in [1.82, 2.24) is 0 Å². The van der Waals surface area contributed by atoms with Gasteiger partial charge < -0.3 is 14.2 Å². The fraction of sp³-hybridized carbons (Fsp3) is 0.810. The quantitative estimate of drug-likeness (QED) is 0.421. The highest BCUT2D eigenvalue weighted by Gasteiger charge is 2.59. The van der Waals surface area contributed by atoms with Crippen molar-refractivity contribution in [2.75, 3.05) is 13.2 Å². The first-order chi connectivity index (χ1) is 12.6. The van der Waals surface area contributed by atoms with Gasteiger partial charge >= 0.3 is 12.1 Å². The maximum absolute atomic E-state index is 12.1. The van der Waals surface area contributed by atoms with Crippen molar-refractivity contribution in [2.45, 2.75) is 51.6 Å². The van der Waals surface area contributed by atoms with Gasteiger partial charge in [0.15, 0.2) is 0 Å². The summed E-state index contributed by atoms with van der Waals surface area (Å²) in [5.74, 6) is 4.87. The molecular formula is C21H30O5. The lowest BCUT2D eigenvalue weighted by atomic mass is 9.43. The van der Waals surface area contributed by atoms with Gasteiger partial charge in [-0.3, -0.25) is 0 Å². The number of fused-ring (bicyclic) bond motifs is 4. The van der Waals surface area contributed by atoms with Crippen LogP contribution in [0.5, 0.6) is 0 Å². The van der Waals surface area contributed by atoms with E-state index in [1.165, 1.54) is 32.1 Å². The van der Waals surface area contributed by atoms with Gasteiger partial charge in [-0.25, -0.2) is 9.59 Å². The number of ether oxygens (including phenoxy) is 3. The average Bonchev–Trinajstić information content (AvgIpc) is 2.65. The molecule has 0 aromatic heterocycles. The van der Waals surface area contributed by atoms with E-state index >= 15 is 0 Å². The van der Waals surface area contributed by atoms with Gasteiger partial charge in [0.1, 0.15) is 19.3 Å². The smallest absolute Gasteiger partial charge is 0.459 e. The number of carbonyl (C=O) groups excluding carboxylic acids is 2. The Bertz CT molecular complexity index is 573. The standard InChI is InChI=1S/C21H30O5/c1-3-18(22)24-8-9-25-21(23)26-17-11-14-5-7-16(17)20-15-6-4-13(19(14)20)10-12(15)2/h3,12-17,19-20H,1,4-11H2,2H3. The third-order valence-corrected chi connectivity index (χ3v) is 7.64. The van der Waals surface area contributed by atoms with Crippen molar-refractivity contribution in [1.29, 1.82) is 0 Å². The highest BCUT2D eigenvalue weighted by molar-refractivity contribution is 5.81. The summed E-state index contributed by atoms with van der Waals surface area (Å²) in [5.41, 5.74) is 0. The third-order valence-electron chi connectivity index (χ3n) is 7.64. The van der Waals surface area contributed by atoms with E-state index in [4.69, 9.17) is 14.2 Å². The van der Waals surface area contributed by atoms with Crippen molar-refractivity contribution in [3.63, 3.8) is 0 Å². The lowest BCUT2D eigenvalue weighted by molar-refractivity contribution is -0.174. The summed E-state index contributed by atoms with van der Waals surface area (Å²) in [7, 11) is 0. The summed E-state index contributed by atoms with van der Waals surface area (Å²) >= 11 is 0. The first kappa shape index (κ1) is 17.9. The fourth-order valence-electron chi connectivity index (χ4n) is 6.88. The van der Waals surface area contributed by atoms with Crippen molar-refractivity contribution >= 4 is 12.1 Å². The van der Waals surface area contributed by atoms with Crippen molar-refractivity contribution < 1.29 is 23.8 Å². The molecule has 8 atom stereocenters. The van der Waals surface area contributed by atoms with Crippen LogP contribution >= 0.6 is 0 Å². The van der Waals surface area contributed by atoms with Crippen molar-refractivity contribution in [3.05, 3.63) is 12.7 Å². The number of carbonyl (C=O) groups is 2. The molecule has 0 spiro atoms. The SMILES string of the molecule is C=CC(=O)OCCOC(=O)OC1CC2CCC1C1C3CCC(CC3C)C21. The van der Waals surface area contributed by atoms with E-state index < -0.39 is 12.1 Å². The first-order valence-corrected chi connectivity index (χ1v) is 10.2. The van der Waals surface area contributed by atoms with E-state index in [1.54, 1.807) is 0 Å². The second-order valence-corrected chi connectivity index (χ2v) is 8.73. The Balaban J connectivity index is 1.32. The van der Waals surface area contributed by atoms with E-state index in [2.05, 4.69) is 13.5 Å². The minimum absolute atomic E-state index is 0.00442. The van der Waals surface area contributed by atoms with Gasteiger partial charge in [0.25, 0.3) is 0 Å². The summed E-state index contributed by atoms with van der Waals surface area (Å²) in [5, 5.41) is 0. The zero-order valence-corrected chi connectivity index (χ0v) is 15.6. The molecule has 8 unspecified atom stereocenters. The van der Waals surface area contributed by atoms with Gasteiger partial charge in [-0.15, -0.1) is 0 Å². The van der Waals surface area contributed by atoms with Crippen LogP contribution in [0.4, 0.5) is 4.79 Å². The molecular weight excluding hydrogens is 332 g/mol. The van der Waals surface area contributed by atoms with Crippen molar-refractivity contribution in [3.8, 4) is 0 Å². The predicted octanol–water partition coefficient (Wildman–Crippen LogP) is 3.97. The largest absolute Gasteiger partial charge is 0.508 e. The van der Waals surface area contributed by atoms with Crippen LogP contribution in [0.15, 0.2) is 12.7 Å². The maximum atomic E-state index is 12.1. The molecule has 0 heterocycles. The summed E-state index contributed by atoms with van der Waals surface area (Å²) < 4.78 is 15.6. The average molecular weight is 362 g/mol.